The molecule has 2 aromatic carbocycles. The van der Waals surface area contributed by atoms with Gasteiger partial charge in [-0.1, -0.05) is 61.5 Å². The van der Waals surface area contributed by atoms with Gasteiger partial charge < -0.3 is 9.55 Å². The van der Waals surface area contributed by atoms with Crippen LogP contribution in [-0.4, -0.2) is 44.1 Å². The molecule has 0 bridgehead atoms. The highest BCUT2D eigenvalue weighted by Crippen LogP contribution is 2.33. The van der Waals surface area contributed by atoms with E-state index in [2.05, 4.69) is 108 Å². The van der Waals surface area contributed by atoms with Gasteiger partial charge in [0.1, 0.15) is 11.3 Å². The van der Waals surface area contributed by atoms with Crippen molar-refractivity contribution in [1.82, 2.24) is 24.4 Å². The Balaban J connectivity index is 1.05. The third-order valence-electron chi connectivity index (χ3n) is 8.20. The van der Waals surface area contributed by atoms with E-state index in [9.17, 15) is 0 Å². The van der Waals surface area contributed by atoms with Gasteiger partial charge in [-0.25, -0.2) is 9.97 Å². The second-order valence-corrected chi connectivity index (χ2v) is 10.7. The fourth-order valence-corrected chi connectivity index (χ4v) is 5.83. The smallest absolute Gasteiger partial charge is 0.160 e. The molecule has 4 heterocycles. The van der Waals surface area contributed by atoms with Crippen molar-refractivity contribution < 1.29 is 0 Å². The quantitative estimate of drug-likeness (QED) is 0.259. The van der Waals surface area contributed by atoms with Crippen LogP contribution in [0.3, 0.4) is 0 Å². The van der Waals surface area contributed by atoms with Crippen LogP contribution in [0.15, 0.2) is 66.9 Å². The van der Waals surface area contributed by atoms with Gasteiger partial charge in [-0.15, -0.1) is 0 Å². The Morgan fingerprint density at radius 2 is 1.79 bits per heavy atom. The van der Waals surface area contributed by atoms with E-state index in [1.54, 1.807) is 0 Å². The van der Waals surface area contributed by atoms with Crippen LogP contribution in [0.5, 0.6) is 0 Å². The number of nitrogens with one attached hydrogen (secondary N) is 1. The lowest BCUT2D eigenvalue weighted by molar-refractivity contribution is 0.233. The van der Waals surface area contributed by atoms with Crippen molar-refractivity contribution in [2.75, 3.05) is 19.6 Å². The first-order valence-electron chi connectivity index (χ1n) is 14.0. The highest BCUT2D eigenvalue weighted by Gasteiger charge is 2.22. The number of aromatic amines is 1. The summed E-state index contributed by atoms with van der Waals surface area (Å²) in [6.07, 6.45) is 10.1. The number of hydrogen-bond donors (Lipinski definition) is 1. The van der Waals surface area contributed by atoms with E-state index in [1.165, 1.54) is 46.0 Å². The minimum atomic E-state index is 0.655. The zero-order valence-corrected chi connectivity index (χ0v) is 22.7. The van der Waals surface area contributed by atoms with Crippen LogP contribution in [0.1, 0.15) is 59.5 Å². The highest BCUT2D eigenvalue weighted by atomic mass is 15.1. The molecular formula is C33H37N5. The van der Waals surface area contributed by atoms with Gasteiger partial charge >= 0.3 is 0 Å². The molecule has 1 N–H and O–H groups in total. The Hall–Kier alpha value is -3.70. The Bertz CT molecular complexity index is 1580. The molecule has 0 amide bonds. The van der Waals surface area contributed by atoms with Gasteiger partial charge in [0.2, 0.25) is 0 Å². The monoisotopic (exact) mass is 503 g/mol. The average molecular weight is 504 g/mol. The van der Waals surface area contributed by atoms with E-state index >= 15 is 0 Å². The molecule has 5 aromatic rings. The number of aryl methyl sites for hydroxylation is 3. The summed E-state index contributed by atoms with van der Waals surface area (Å²) in [6.45, 7) is 10.4. The summed E-state index contributed by atoms with van der Waals surface area (Å²) < 4.78 is 2.27. The number of pyridine rings is 1. The zero-order chi connectivity index (χ0) is 26.1. The maximum atomic E-state index is 4.86. The summed E-state index contributed by atoms with van der Waals surface area (Å²) in [6, 6.07) is 19.8. The number of para-hydroxylation sites is 1. The second kappa shape index (κ2) is 10.6. The fourth-order valence-electron chi connectivity index (χ4n) is 5.83. The number of aromatic nitrogens is 4. The van der Waals surface area contributed by atoms with Crippen LogP contribution in [0, 0.1) is 13.8 Å². The van der Waals surface area contributed by atoms with Crippen molar-refractivity contribution in [2.45, 2.75) is 52.5 Å². The topological polar surface area (TPSA) is 49.7 Å². The molecule has 0 spiro atoms. The molecule has 0 saturated carbocycles. The molecule has 1 saturated heterocycles. The molecule has 0 atom stereocenters. The summed E-state index contributed by atoms with van der Waals surface area (Å²) >= 11 is 0. The van der Waals surface area contributed by atoms with Gasteiger partial charge in [0, 0.05) is 35.8 Å². The molecular weight excluding hydrogens is 466 g/mol. The van der Waals surface area contributed by atoms with E-state index in [4.69, 9.17) is 9.97 Å². The molecule has 0 aliphatic carbocycles. The van der Waals surface area contributed by atoms with E-state index < -0.39 is 0 Å². The number of likely N-dealkylation sites (tertiary alicyclic amines) is 1. The predicted octanol–water partition coefficient (Wildman–Crippen LogP) is 7.03. The first kappa shape index (κ1) is 24.6. The molecule has 1 fully saturated rings. The normalized spacial score (nSPS) is 15.3. The van der Waals surface area contributed by atoms with Crippen LogP contribution in [-0.2, 0) is 13.0 Å². The maximum Gasteiger partial charge on any atom is 0.160 e. The van der Waals surface area contributed by atoms with E-state index in [-0.39, 0.29) is 0 Å². The van der Waals surface area contributed by atoms with Crippen LogP contribution in [0.25, 0.3) is 28.1 Å². The molecule has 3 aromatic heterocycles. The second-order valence-electron chi connectivity index (χ2n) is 10.7. The number of H-pyrrole nitrogens is 1. The van der Waals surface area contributed by atoms with E-state index in [0.717, 1.165) is 55.3 Å². The van der Waals surface area contributed by atoms with Crippen molar-refractivity contribution >= 4 is 28.1 Å². The van der Waals surface area contributed by atoms with Crippen LogP contribution < -0.4 is 0 Å². The van der Waals surface area contributed by atoms with Crippen molar-refractivity contribution in [3.05, 3.63) is 101 Å². The Morgan fingerprint density at radius 1 is 1.00 bits per heavy atom. The lowest BCUT2D eigenvalue weighted by Gasteiger charge is -2.31. The first-order valence-corrected chi connectivity index (χ1v) is 14.0. The summed E-state index contributed by atoms with van der Waals surface area (Å²) in [5, 5.41) is 1.39. The molecule has 6 rings (SSSR count). The van der Waals surface area contributed by atoms with Gasteiger partial charge in [0.05, 0.1) is 6.54 Å². The summed E-state index contributed by atoms with van der Waals surface area (Å²) in [4.78, 5) is 15.7. The number of benzene rings is 2. The minimum Gasteiger partial charge on any atom is -0.361 e. The molecule has 1 aliphatic heterocycles. The molecule has 194 valence electrons. The number of rotatable bonds is 7. The van der Waals surface area contributed by atoms with Crippen LogP contribution in [0.2, 0.25) is 0 Å². The van der Waals surface area contributed by atoms with E-state index in [0.29, 0.717) is 5.92 Å². The van der Waals surface area contributed by atoms with Crippen molar-refractivity contribution in [1.29, 1.82) is 0 Å². The third-order valence-corrected chi connectivity index (χ3v) is 8.20. The fraction of sp³-hybridized carbons (Fsp3) is 0.333. The zero-order valence-electron chi connectivity index (χ0n) is 22.7. The maximum absolute atomic E-state index is 4.86. The van der Waals surface area contributed by atoms with Crippen LogP contribution >= 0.6 is 0 Å². The van der Waals surface area contributed by atoms with Gasteiger partial charge in [0.15, 0.2) is 5.65 Å². The largest absolute Gasteiger partial charge is 0.361 e. The number of nitrogens with zero attached hydrogens (tertiary/aromatic N) is 4. The van der Waals surface area contributed by atoms with Crippen molar-refractivity contribution in [3.63, 3.8) is 0 Å². The van der Waals surface area contributed by atoms with Gasteiger partial charge in [-0.2, -0.15) is 0 Å². The lowest BCUT2D eigenvalue weighted by Crippen LogP contribution is -2.32. The molecule has 5 heteroatoms. The van der Waals surface area contributed by atoms with Crippen molar-refractivity contribution in [3.8, 4) is 0 Å². The number of piperidine rings is 1. The molecule has 38 heavy (non-hydrogen) atoms. The number of fused-ring (bicyclic) bond motifs is 2. The van der Waals surface area contributed by atoms with Gasteiger partial charge in [0.25, 0.3) is 0 Å². The van der Waals surface area contributed by atoms with Crippen molar-refractivity contribution in [2.24, 2.45) is 0 Å². The third kappa shape index (κ3) is 4.91. The molecule has 1 aliphatic rings. The summed E-state index contributed by atoms with van der Waals surface area (Å²) in [5.41, 5.74) is 9.52. The van der Waals surface area contributed by atoms with E-state index in [1.807, 2.05) is 0 Å². The standard InChI is InChI=1S/C33H37N5/c1-4-32-36-31-20-23(2)24(3)35-33(31)38(32)22-26-13-11-25(12-14-26)8-7-17-37-18-15-27(16-19-37)29-21-34-30-10-6-5-9-28(29)30/h5-14,20-21,27,34H,4,15-19,22H2,1-3H3. The Labute approximate surface area is 225 Å². The number of imidazole rings is 1. The first-order chi connectivity index (χ1) is 18.6. The highest BCUT2D eigenvalue weighted by molar-refractivity contribution is 5.83. The SMILES string of the molecule is CCc1nc2cc(C)c(C)nc2n1Cc1ccc(C=CCN2CCC(c3c[nH]c4ccccc34)CC2)cc1. The Morgan fingerprint density at radius 3 is 2.58 bits per heavy atom. The lowest BCUT2D eigenvalue weighted by atomic mass is 9.89. The van der Waals surface area contributed by atoms with Gasteiger partial charge in [-0.05, 0) is 80.1 Å². The van der Waals surface area contributed by atoms with Crippen LogP contribution in [0.4, 0.5) is 0 Å². The number of hydrogen-bond acceptors (Lipinski definition) is 3. The molecule has 0 unspecified atom stereocenters. The minimum absolute atomic E-state index is 0.655. The average Bonchev–Trinajstić information content (AvgIpc) is 3.52. The Kier molecular flexibility index (Phi) is 6.86. The molecule has 0 radical (unpaired) electrons. The predicted molar refractivity (Wildman–Crippen MR) is 158 cm³/mol. The summed E-state index contributed by atoms with van der Waals surface area (Å²) in [5.74, 6) is 1.75. The van der Waals surface area contributed by atoms with Gasteiger partial charge in [-0.3, -0.25) is 4.90 Å². The molecule has 5 nitrogen and oxygen atoms in total. The summed E-state index contributed by atoms with van der Waals surface area (Å²) in [7, 11) is 0.